The number of ether oxygens (including phenoxy) is 1. The second-order valence-corrected chi connectivity index (χ2v) is 10.2. The van der Waals surface area contributed by atoms with Crippen molar-refractivity contribution >= 4 is 41.1 Å². The van der Waals surface area contributed by atoms with E-state index in [1.165, 1.54) is 23.9 Å². The number of amides is 1. The minimum Gasteiger partial charge on any atom is -0.444 e. The Morgan fingerprint density at radius 2 is 1.77 bits per heavy atom. The zero-order valence-corrected chi connectivity index (χ0v) is 19.4. The second-order valence-electron chi connectivity index (χ2n) is 8.32. The molecule has 2 aromatic carbocycles. The van der Waals surface area contributed by atoms with Crippen molar-refractivity contribution in [1.29, 1.82) is 0 Å². The van der Waals surface area contributed by atoms with Crippen LogP contribution in [0.3, 0.4) is 0 Å². The van der Waals surface area contributed by atoms with Gasteiger partial charge in [0, 0.05) is 33.5 Å². The molecule has 1 fully saturated rings. The number of nitrogens with zero attached hydrogens (tertiary/aromatic N) is 1. The lowest BCUT2D eigenvalue weighted by Gasteiger charge is -2.39. The van der Waals surface area contributed by atoms with Crippen LogP contribution in [0.5, 0.6) is 0 Å². The van der Waals surface area contributed by atoms with Gasteiger partial charge in [-0.1, -0.05) is 35.0 Å². The maximum Gasteiger partial charge on any atom is 0.410 e. The molecule has 3 rings (SSSR count). The van der Waals surface area contributed by atoms with Crippen LogP contribution in [0.15, 0.2) is 46.2 Å². The summed E-state index contributed by atoms with van der Waals surface area (Å²) in [5.74, 6) is -0.431. The highest BCUT2D eigenvalue weighted by Crippen LogP contribution is 2.43. The molecule has 30 heavy (non-hydrogen) atoms. The molecule has 0 unspecified atom stereocenters. The zero-order valence-electron chi connectivity index (χ0n) is 17.0. The third-order valence-electron chi connectivity index (χ3n) is 4.80. The van der Waals surface area contributed by atoms with Gasteiger partial charge in [-0.2, -0.15) is 0 Å². The van der Waals surface area contributed by atoms with E-state index in [2.05, 4.69) is 0 Å². The fourth-order valence-electron chi connectivity index (χ4n) is 3.29. The lowest BCUT2D eigenvalue weighted by Crippen LogP contribution is -2.47. The number of hydrogen-bond acceptors (Lipinski definition) is 4. The third kappa shape index (κ3) is 5.61. The van der Waals surface area contributed by atoms with Gasteiger partial charge >= 0.3 is 6.09 Å². The number of halogens is 3. The largest absolute Gasteiger partial charge is 0.444 e. The van der Waals surface area contributed by atoms with Crippen LogP contribution in [0, 0.1) is 5.82 Å². The summed E-state index contributed by atoms with van der Waals surface area (Å²) >= 11 is 13.6. The summed E-state index contributed by atoms with van der Waals surface area (Å²) in [6.07, 6.45) is 0.140. The first kappa shape index (κ1) is 23.2. The molecule has 0 saturated carbocycles. The van der Waals surface area contributed by atoms with Crippen LogP contribution in [-0.4, -0.2) is 34.8 Å². The van der Waals surface area contributed by atoms with Gasteiger partial charge < -0.3 is 14.7 Å². The number of hydrogen-bond donors (Lipinski definition) is 1. The molecule has 8 heteroatoms. The lowest BCUT2D eigenvalue weighted by atomic mass is 9.84. The molecule has 1 aliphatic heterocycles. The summed E-state index contributed by atoms with van der Waals surface area (Å²) in [4.78, 5) is 15.3. The molecular weight excluding hydrogens is 448 g/mol. The molecule has 0 spiro atoms. The van der Waals surface area contributed by atoms with Gasteiger partial charge in [-0.15, -0.1) is 0 Å². The van der Waals surface area contributed by atoms with E-state index < -0.39 is 23.1 Å². The van der Waals surface area contributed by atoms with Crippen molar-refractivity contribution in [1.82, 2.24) is 4.90 Å². The van der Waals surface area contributed by atoms with Crippen molar-refractivity contribution in [2.45, 2.75) is 54.6 Å². The highest BCUT2D eigenvalue weighted by Gasteiger charge is 2.38. The number of carbonyl (C=O) groups is 1. The molecule has 1 aliphatic rings. The maximum atomic E-state index is 14.1. The SMILES string of the molecule is CC(C)(C)OC(=O)N1CCC(O)(c2cc(F)ccc2Sc2ccc(Cl)cc2Cl)CC1. The van der Waals surface area contributed by atoms with Gasteiger partial charge in [-0.05, 0) is 70.0 Å². The predicted molar refractivity (Wildman–Crippen MR) is 118 cm³/mol. The molecule has 0 aliphatic carbocycles. The Morgan fingerprint density at radius 3 is 2.37 bits per heavy atom. The van der Waals surface area contributed by atoms with Crippen LogP contribution >= 0.6 is 35.0 Å². The summed E-state index contributed by atoms with van der Waals surface area (Å²) in [7, 11) is 0. The Hall–Kier alpha value is -1.47. The Morgan fingerprint density at radius 1 is 1.13 bits per heavy atom. The fourth-order valence-corrected chi connectivity index (χ4v) is 4.83. The lowest BCUT2D eigenvalue weighted by molar-refractivity contribution is -0.0373. The van der Waals surface area contributed by atoms with Gasteiger partial charge in [0.05, 0.1) is 10.6 Å². The van der Waals surface area contributed by atoms with Crippen molar-refractivity contribution < 1.29 is 19.0 Å². The minimum absolute atomic E-state index is 0.275. The minimum atomic E-state index is -1.26. The molecule has 0 atom stereocenters. The van der Waals surface area contributed by atoms with Gasteiger partial charge in [0.2, 0.25) is 0 Å². The zero-order chi connectivity index (χ0) is 22.1. The maximum absolute atomic E-state index is 14.1. The monoisotopic (exact) mass is 471 g/mol. The van der Waals surface area contributed by atoms with Crippen LogP contribution in [0.2, 0.25) is 10.0 Å². The summed E-state index contributed by atoms with van der Waals surface area (Å²) in [6, 6.07) is 9.51. The first-order valence-corrected chi connectivity index (χ1v) is 11.2. The van der Waals surface area contributed by atoms with Crippen molar-refractivity contribution in [2.75, 3.05) is 13.1 Å². The Bertz CT molecular complexity index is 940. The van der Waals surface area contributed by atoms with E-state index in [1.807, 2.05) is 20.8 Å². The number of likely N-dealkylation sites (tertiary alicyclic amines) is 1. The molecule has 0 radical (unpaired) electrons. The summed E-state index contributed by atoms with van der Waals surface area (Å²) in [5, 5.41) is 12.4. The number of carbonyl (C=O) groups excluding carboxylic acids is 1. The average molecular weight is 472 g/mol. The van der Waals surface area contributed by atoms with Gasteiger partial charge in [-0.25, -0.2) is 9.18 Å². The molecule has 1 heterocycles. The van der Waals surface area contributed by atoms with E-state index >= 15 is 0 Å². The van der Waals surface area contributed by atoms with Gasteiger partial charge in [0.25, 0.3) is 0 Å². The smallest absolute Gasteiger partial charge is 0.410 e. The standard InChI is InChI=1S/C22H24Cl2FNO3S/c1-21(2,3)29-20(27)26-10-8-22(28,9-11-26)16-13-15(25)5-7-18(16)30-19-6-4-14(23)12-17(19)24/h4-7,12-13,28H,8-11H2,1-3H3. The molecule has 4 nitrogen and oxygen atoms in total. The van der Waals surface area contributed by atoms with Gasteiger partial charge in [0.1, 0.15) is 11.4 Å². The summed E-state index contributed by atoms with van der Waals surface area (Å²) in [6.45, 7) is 6.05. The number of benzene rings is 2. The fraction of sp³-hybridized carbons (Fsp3) is 0.409. The van der Waals surface area contributed by atoms with Gasteiger partial charge in [0.15, 0.2) is 0 Å². The van der Waals surface area contributed by atoms with E-state index in [-0.39, 0.29) is 12.8 Å². The highest BCUT2D eigenvalue weighted by atomic mass is 35.5. The Labute approximate surface area is 190 Å². The van der Waals surface area contributed by atoms with E-state index in [0.717, 1.165) is 4.90 Å². The van der Waals surface area contributed by atoms with Crippen LogP contribution in [0.4, 0.5) is 9.18 Å². The number of piperidine rings is 1. The van der Waals surface area contributed by atoms with Gasteiger partial charge in [-0.3, -0.25) is 0 Å². The van der Waals surface area contributed by atoms with Crippen LogP contribution in [0.25, 0.3) is 0 Å². The Balaban J connectivity index is 1.82. The topological polar surface area (TPSA) is 49.8 Å². The summed E-state index contributed by atoms with van der Waals surface area (Å²) < 4.78 is 19.5. The van der Waals surface area contributed by atoms with E-state index in [4.69, 9.17) is 27.9 Å². The first-order chi connectivity index (χ1) is 14.0. The molecule has 162 valence electrons. The highest BCUT2D eigenvalue weighted by molar-refractivity contribution is 7.99. The van der Waals surface area contributed by atoms with Crippen LogP contribution in [0.1, 0.15) is 39.2 Å². The van der Waals surface area contributed by atoms with E-state index in [1.54, 1.807) is 29.2 Å². The molecule has 0 bridgehead atoms. The molecule has 2 aromatic rings. The number of aliphatic hydroxyl groups is 1. The average Bonchev–Trinajstić information content (AvgIpc) is 2.64. The van der Waals surface area contributed by atoms with E-state index in [0.29, 0.717) is 33.6 Å². The summed E-state index contributed by atoms with van der Waals surface area (Å²) in [5.41, 5.74) is -1.36. The van der Waals surface area contributed by atoms with Crippen LogP contribution in [-0.2, 0) is 10.3 Å². The van der Waals surface area contributed by atoms with Crippen molar-refractivity contribution in [2.24, 2.45) is 0 Å². The van der Waals surface area contributed by atoms with Crippen molar-refractivity contribution in [3.63, 3.8) is 0 Å². The molecule has 1 saturated heterocycles. The Kier molecular flexibility index (Phi) is 6.92. The number of rotatable bonds is 3. The van der Waals surface area contributed by atoms with E-state index in [9.17, 15) is 14.3 Å². The molecule has 1 N–H and O–H groups in total. The molecular formula is C22H24Cl2FNO3S. The normalized spacial score (nSPS) is 16.4. The quantitative estimate of drug-likeness (QED) is 0.554. The third-order valence-corrected chi connectivity index (χ3v) is 6.61. The second kappa shape index (κ2) is 8.95. The van der Waals surface area contributed by atoms with Crippen molar-refractivity contribution in [3.05, 3.63) is 57.8 Å². The van der Waals surface area contributed by atoms with Crippen LogP contribution < -0.4 is 0 Å². The molecule has 0 aromatic heterocycles. The first-order valence-electron chi connectivity index (χ1n) is 9.60. The molecule has 1 amide bonds. The van der Waals surface area contributed by atoms with Crippen molar-refractivity contribution in [3.8, 4) is 0 Å². The predicted octanol–water partition coefficient (Wildman–Crippen LogP) is 6.50.